The molecule has 0 aliphatic heterocycles. The number of methoxy groups -OCH3 is 2. The van der Waals surface area contributed by atoms with Gasteiger partial charge in [0.05, 0.1) is 25.7 Å². The van der Waals surface area contributed by atoms with E-state index in [1.165, 1.54) is 101 Å². The lowest BCUT2D eigenvalue weighted by Gasteiger charge is -2.56. The number of carbonyl (C=O) groups excluding carboxylic acids is 2. The van der Waals surface area contributed by atoms with Crippen LogP contribution in [0.1, 0.15) is 116 Å². The Kier molecular flexibility index (Phi) is 14.2. The lowest BCUT2D eigenvalue weighted by molar-refractivity contribution is -0.0104. The number of benzene rings is 4. The Labute approximate surface area is 414 Å². The van der Waals surface area contributed by atoms with Crippen molar-refractivity contribution in [3.63, 3.8) is 0 Å². The van der Waals surface area contributed by atoms with Crippen LogP contribution in [0.15, 0.2) is 120 Å². The summed E-state index contributed by atoms with van der Waals surface area (Å²) in [6.07, 6.45) is 15.7. The molecule has 6 aromatic rings. The molecule has 8 bridgehead atoms. The molecule has 69 heavy (non-hydrogen) atoms. The van der Waals surface area contributed by atoms with Crippen molar-refractivity contribution in [3.8, 4) is 22.9 Å². The van der Waals surface area contributed by atoms with Crippen LogP contribution in [0.3, 0.4) is 0 Å². The monoisotopic (exact) mass is 964 g/mol. The van der Waals surface area contributed by atoms with E-state index in [0.717, 1.165) is 91.5 Å². The Morgan fingerprint density at radius 1 is 0.522 bits per heavy atom. The molecule has 0 atom stereocenters. The average Bonchev–Trinajstić information content (AvgIpc) is 4.01. The number of nitrogens with zero attached hydrogens (tertiary/aromatic N) is 6. The second-order valence-corrected chi connectivity index (χ2v) is 22.4. The molecule has 0 unspecified atom stereocenters. The maximum atomic E-state index is 12.8. The summed E-state index contributed by atoms with van der Waals surface area (Å²) in [6.45, 7) is 1.93. The van der Waals surface area contributed by atoms with Gasteiger partial charge in [-0.05, 0) is 168 Å². The van der Waals surface area contributed by atoms with Gasteiger partial charge in [0.25, 0.3) is 0 Å². The van der Waals surface area contributed by atoms with Crippen molar-refractivity contribution in [2.24, 2.45) is 35.5 Å². The number of aromatic nitrogens is 6. The van der Waals surface area contributed by atoms with E-state index in [1.54, 1.807) is 21.1 Å². The third-order valence-corrected chi connectivity index (χ3v) is 17.7. The zero-order chi connectivity index (χ0) is 47.5. The van der Waals surface area contributed by atoms with Crippen molar-refractivity contribution in [2.45, 2.75) is 105 Å². The molecule has 1 N–H and O–H groups in total. The van der Waals surface area contributed by atoms with Crippen LogP contribution in [0.5, 0.6) is 11.5 Å². The molecular formula is C56H64N6O5S2. The van der Waals surface area contributed by atoms with Crippen LogP contribution in [0.4, 0.5) is 0 Å². The minimum absolute atomic E-state index is 0.112. The van der Waals surface area contributed by atoms with Crippen molar-refractivity contribution in [1.29, 1.82) is 0 Å². The number of ether oxygens (including phenoxy) is 2. The topological polar surface area (TPSA) is 134 Å². The Balaban J connectivity index is 0.000000152. The molecule has 4 aromatic carbocycles. The summed E-state index contributed by atoms with van der Waals surface area (Å²) >= 11 is 2.98. The van der Waals surface area contributed by atoms with Crippen LogP contribution in [0.2, 0.25) is 0 Å². The number of hydrogen-bond donors (Lipinski definition) is 1. The summed E-state index contributed by atoms with van der Waals surface area (Å²) in [5.74, 6) is 9.74. The molecule has 0 radical (unpaired) electrons. The average molecular weight is 965 g/mol. The molecule has 8 aliphatic rings. The van der Waals surface area contributed by atoms with Crippen molar-refractivity contribution in [2.75, 3.05) is 32.3 Å². The Morgan fingerprint density at radius 3 is 1.12 bits per heavy atom. The summed E-state index contributed by atoms with van der Waals surface area (Å²) in [6, 6.07) is 35.2. The maximum Gasteiger partial charge on any atom is 0.196 e. The highest BCUT2D eigenvalue weighted by Gasteiger charge is 2.55. The van der Waals surface area contributed by atoms with E-state index in [1.807, 2.05) is 84.9 Å². The summed E-state index contributed by atoms with van der Waals surface area (Å²) in [4.78, 5) is 25.6. The first-order chi connectivity index (χ1) is 33.7. The fourth-order valence-electron chi connectivity index (χ4n) is 13.8. The Bertz CT molecular complexity index is 2450. The van der Waals surface area contributed by atoms with Crippen molar-refractivity contribution >= 4 is 35.1 Å². The van der Waals surface area contributed by atoms with Gasteiger partial charge in [0.15, 0.2) is 21.9 Å². The van der Waals surface area contributed by atoms with Crippen molar-refractivity contribution in [1.82, 2.24) is 29.5 Å². The Morgan fingerprint density at radius 2 is 0.826 bits per heavy atom. The van der Waals surface area contributed by atoms with E-state index in [0.29, 0.717) is 11.5 Å². The lowest BCUT2D eigenvalue weighted by atomic mass is 9.49. The SMILES string of the molecule is CCO.COc1ccc(-n2c(SCC(=O)c3ccccc3)nnc2C23CC4CC(CC(C4)C2)C3)cc1.COc1ccc(-n2c(SCC(=O)c3ccccc3)nnc2C23CC4CC(CC(C4)C2)C3)cc1. The van der Waals surface area contributed by atoms with Gasteiger partial charge >= 0.3 is 0 Å². The van der Waals surface area contributed by atoms with Gasteiger partial charge in [-0.25, -0.2) is 0 Å². The van der Waals surface area contributed by atoms with Gasteiger partial charge in [0.1, 0.15) is 23.1 Å². The largest absolute Gasteiger partial charge is 0.497 e. The van der Waals surface area contributed by atoms with Crippen LogP contribution in [0.25, 0.3) is 11.4 Å². The van der Waals surface area contributed by atoms with Crippen LogP contribution in [-0.4, -0.2) is 78.5 Å². The van der Waals surface area contributed by atoms with E-state index in [9.17, 15) is 9.59 Å². The van der Waals surface area contributed by atoms with Crippen LogP contribution in [0, 0.1) is 35.5 Å². The van der Waals surface area contributed by atoms with Crippen molar-refractivity contribution < 1.29 is 24.2 Å². The third-order valence-electron chi connectivity index (χ3n) is 15.8. The summed E-state index contributed by atoms with van der Waals surface area (Å²) < 4.78 is 15.2. The molecule has 0 amide bonds. The summed E-state index contributed by atoms with van der Waals surface area (Å²) in [5.41, 5.74) is 3.79. The number of carbonyl (C=O) groups is 2. The van der Waals surface area contributed by atoms with Gasteiger partial charge in [-0.3, -0.25) is 18.7 Å². The maximum absolute atomic E-state index is 12.8. The van der Waals surface area contributed by atoms with Gasteiger partial charge in [-0.1, -0.05) is 84.2 Å². The molecule has 0 spiro atoms. The van der Waals surface area contributed by atoms with Gasteiger partial charge in [0.2, 0.25) is 0 Å². The Hall–Kier alpha value is -5.24. The first-order valence-corrected chi connectivity index (χ1v) is 26.9. The van der Waals surface area contributed by atoms with E-state index >= 15 is 0 Å². The summed E-state index contributed by atoms with van der Waals surface area (Å²) in [7, 11) is 3.37. The number of ketones is 2. The molecule has 8 aliphatic carbocycles. The lowest BCUT2D eigenvalue weighted by Crippen LogP contribution is -2.49. The van der Waals surface area contributed by atoms with E-state index < -0.39 is 0 Å². The predicted molar refractivity (Wildman–Crippen MR) is 271 cm³/mol. The highest BCUT2D eigenvalue weighted by atomic mass is 32.2. The molecule has 11 nitrogen and oxygen atoms in total. The number of Topliss-reactive ketones (excluding diaryl/α,β-unsaturated/α-hetero) is 2. The minimum atomic E-state index is 0.112. The number of rotatable bonds is 14. The second-order valence-electron chi connectivity index (χ2n) is 20.5. The molecule has 2 aromatic heterocycles. The fourth-order valence-corrected chi connectivity index (χ4v) is 15.5. The molecule has 2 heterocycles. The molecule has 14 rings (SSSR count). The molecule has 0 saturated heterocycles. The molecule has 360 valence electrons. The van der Waals surface area contributed by atoms with E-state index in [2.05, 4.69) is 43.6 Å². The summed E-state index contributed by atoms with van der Waals surface area (Å²) in [5, 5.41) is 28.1. The standard InChI is InChI=1S/2C27H29N3O2S.C2H6O/c2*1-32-23-9-7-22(8-10-23)30-25(27-14-18-11-19(15-27)13-20(12-18)16-27)28-29-26(30)33-17-24(31)21-5-3-2-4-6-21;1-2-3/h2*2-10,18-20H,11-17H2,1H3;3H,2H2,1H3. The van der Waals surface area contributed by atoms with Crippen LogP contribution >= 0.6 is 23.5 Å². The van der Waals surface area contributed by atoms with Gasteiger partial charge in [-0.15, -0.1) is 20.4 Å². The minimum Gasteiger partial charge on any atom is -0.497 e. The van der Waals surface area contributed by atoms with Crippen LogP contribution < -0.4 is 9.47 Å². The number of thioether (sulfide) groups is 2. The molecular weight excluding hydrogens is 901 g/mol. The van der Waals surface area contributed by atoms with Gasteiger partial charge in [0, 0.05) is 39.9 Å². The number of aliphatic hydroxyl groups excluding tert-OH is 1. The normalized spacial score (nSPS) is 26.7. The fraction of sp³-hybridized carbons (Fsp3) is 0.464. The number of hydrogen-bond acceptors (Lipinski definition) is 11. The molecule has 8 saturated carbocycles. The molecule has 13 heteroatoms. The van der Waals surface area contributed by atoms with Crippen molar-refractivity contribution in [3.05, 3.63) is 132 Å². The quantitative estimate of drug-likeness (QED) is 0.0826. The van der Waals surface area contributed by atoms with E-state index in [4.69, 9.17) is 24.8 Å². The van der Waals surface area contributed by atoms with Crippen LogP contribution in [-0.2, 0) is 10.8 Å². The highest BCUT2D eigenvalue weighted by molar-refractivity contribution is 8.00. The van der Waals surface area contributed by atoms with Gasteiger partial charge < -0.3 is 14.6 Å². The third kappa shape index (κ3) is 9.93. The predicted octanol–water partition coefficient (Wildman–Crippen LogP) is 11.4. The van der Waals surface area contributed by atoms with E-state index in [-0.39, 0.29) is 29.0 Å². The highest BCUT2D eigenvalue weighted by Crippen LogP contribution is 2.62. The number of aliphatic hydroxyl groups is 1. The first kappa shape index (κ1) is 47.4. The smallest absolute Gasteiger partial charge is 0.196 e. The second kappa shape index (κ2) is 20.6. The zero-order valence-corrected chi connectivity index (χ0v) is 41.7. The van der Waals surface area contributed by atoms with Gasteiger partial charge in [-0.2, -0.15) is 0 Å². The zero-order valence-electron chi connectivity index (χ0n) is 40.0. The first-order valence-electron chi connectivity index (χ1n) is 24.9. The molecule has 8 fully saturated rings.